The average Bonchev–Trinajstić information content (AvgIpc) is 2.97. The van der Waals surface area contributed by atoms with Gasteiger partial charge in [-0.05, 0) is 25.0 Å². The zero-order valence-electron chi connectivity index (χ0n) is 16.0. The van der Waals surface area contributed by atoms with Crippen LogP contribution in [0.3, 0.4) is 0 Å². The van der Waals surface area contributed by atoms with Crippen LogP contribution < -0.4 is 10.1 Å². The number of amides is 3. The number of ether oxygens (including phenoxy) is 2. The number of nitro groups is 1. The Morgan fingerprint density at radius 3 is 2.40 bits per heavy atom. The second-order valence-electron chi connectivity index (χ2n) is 6.77. The van der Waals surface area contributed by atoms with Crippen LogP contribution >= 0.6 is 0 Å². The molecule has 1 N–H and O–H groups in total. The number of benzene rings is 1. The SMILES string of the molecule is COc1ccc(NC(=O)COC(=O)CN2C(=O)[C@H]3CC=CC[C@H]3C2=O)c([N+](=O)[O-])c1. The quantitative estimate of drug-likeness (QED) is 0.228. The number of methoxy groups -OCH3 is 1. The fourth-order valence-corrected chi connectivity index (χ4v) is 3.43. The average molecular weight is 417 g/mol. The molecule has 0 unspecified atom stereocenters. The summed E-state index contributed by atoms with van der Waals surface area (Å²) in [7, 11) is 1.35. The number of nitro benzene ring substituents is 1. The molecule has 1 heterocycles. The molecule has 0 spiro atoms. The van der Waals surface area contributed by atoms with Gasteiger partial charge in [-0.3, -0.25) is 34.2 Å². The molecule has 11 heteroatoms. The van der Waals surface area contributed by atoms with Crippen LogP contribution in [0.4, 0.5) is 11.4 Å². The zero-order valence-corrected chi connectivity index (χ0v) is 16.0. The Labute approximate surface area is 170 Å². The number of allylic oxidation sites excluding steroid dienone is 2. The van der Waals surface area contributed by atoms with Crippen molar-refractivity contribution in [3.63, 3.8) is 0 Å². The number of anilines is 1. The van der Waals surface area contributed by atoms with Crippen LogP contribution in [-0.2, 0) is 23.9 Å². The van der Waals surface area contributed by atoms with Crippen molar-refractivity contribution in [1.29, 1.82) is 0 Å². The number of nitrogens with one attached hydrogen (secondary N) is 1. The van der Waals surface area contributed by atoms with E-state index >= 15 is 0 Å². The molecule has 0 saturated carbocycles. The van der Waals surface area contributed by atoms with Crippen molar-refractivity contribution in [2.24, 2.45) is 11.8 Å². The number of carbonyl (C=O) groups is 4. The summed E-state index contributed by atoms with van der Waals surface area (Å²) < 4.78 is 9.74. The highest BCUT2D eigenvalue weighted by molar-refractivity contribution is 6.07. The maximum atomic E-state index is 12.3. The van der Waals surface area contributed by atoms with E-state index < -0.39 is 59.3 Å². The minimum Gasteiger partial charge on any atom is -0.496 e. The van der Waals surface area contributed by atoms with Crippen LogP contribution in [0.25, 0.3) is 0 Å². The van der Waals surface area contributed by atoms with Gasteiger partial charge in [0, 0.05) is 0 Å². The second kappa shape index (κ2) is 8.72. The normalized spacial score (nSPS) is 20.0. The number of esters is 1. The van der Waals surface area contributed by atoms with E-state index in [0.717, 1.165) is 11.0 Å². The van der Waals surface area contributed by atoms with E-state index in [4.69, 9.17) is 9.47 Å². The summed E-state index contributed by atoms with van der Waals surface area (Å²) >= 11 is 0. The number of carbonyl (C=O) groups excluding carboxylic acids is 4. The predicted molar refractivity (Wildman–Crippen MR) is 101 cm³/mol. The molecule has 1 aliphatic heterocycles. The van der Waals surface area contributed by atoms with Gasteiger partial charge in [-0.1, -0.05) is 12.2 Å². The van der Waals surface area contributed by atoms with E-state index in [9.17, 15) is 29.3 Å². The first-order valence-corrected chi connectivity index (χ1v) is 9.10. The Morgan fingerprint density at radius 1 is 1.20 bits per heavy atom. The van der Waals surface area contributed by atoms with E-state index in [2.05, 4.69) is 5.32 Å². The molecular formula is C19H19N3O8. The second-order valence-corrected chi connectivity index (χ2v) is 6.77. The van der Waals surface area contributed by atoms with Gasteiger partial charge in [-0.15, -0.1) is 0 Å². The van der Waals surface area contributed by atoms with Gasteiger partial charge in [0.05, 0.1) is 29.9 Å². The first-order chi connectivity index (χ1) is 14.3. The maximum absolute atomic E-state index is 12.3. The molecule has 0 aromatic heterocycles. The summed E-state index contributed by atoms with van der Waals surface area (Å²) in [4.78, 5) is 60.0. The van der Waals surface area contributed by atoms with E-state index in [1.54, 1.807) is 0 Å². The molecular weight excluding hydrogens is 398 g/mol. The minimum absolute atomic E-state index is 0.0941. The highest BCUT2D eigenvalue weighted by Crippen LogP contribution is 2.35. The number of rotatable bonds is 7. The van der Waals surface area contributed by atoms with Crippen molar-refractivity contribution in [2.45, 2.75) is 12.8 Å². The van der Waals surface area contributed by atoms with Crippen molar-refractivity contribution in [2.75, 3.05) is 25.6 Å². The van der Waals surface area contributed by atoms with Gasteiger partial charge < -0.3 is 14.8 Å². The van der Waals surface area contributed by atoms with E-state index in [1.165, 1.54) is 19.2 Å². The molecule has 158 valence electrons. The summed E-state index contributed by atoms with van der Waals surface area (Å²) in [6.45, 7) is -1.31. The first kappa shape index (κ1) is 21.0. The summed E-state index contributed by atoms with van der Waals surface area (Å²) in [6.07, 6.45) is 4.56. The third kappa shape index (κ3) is 4.29. The number of nitrogens with zero attached hydrogens (tertiary/aromatic N) is 2. The van der Waals surface area contributed by atoms with Crippen molar-refractivity contribution in [3.05, 3.63) is 40.5 Å². The van der Waals surface area contributed by atoms with E-state index in [0.29, 0.717) is 12.8 Å². The van der Waals surface area contributed by atoms with Crippen LogP contribution in [0.15, 0.2) is 30.4 Å². The van der Waals surface area contributed by atoms with Gasteiger partial charge in [-0.25, -0.2) is 0 Å². The number of hydrogen-bond acceptors (Lipinski definition) is 8. The summed E-state index contributed by atoms with van der Waals surface area (Å²) in [5.74, 6) is -3.28. The number of imide groups is 1. The lowest BCUT2D eigenvalue weighted by Crippen LogP contribution is -2.37. The topological polar surface area (TPSA) is 145 Å². The van der Waals surface area contributed by atoms with Crippen molar-refractivity contribution < 1.29 is 33.6 Å². The first-order valence-electron chi connectivity index (χ1n) is 9.10. The molecule has 0 bridgehead atoms. The lowest BCUT2D eigenvalue weighted by Gasteiger charge is -2.14. The lowest BCUT2D eigenvalue weighted by molar-refractivity contribution is -0.384. The monoisotopic (exact) mass is 417 g/mol. The Bertz CT molecular complexity index is 916. The molecule has 11 nitrogen and oxygen atoms in total. The van der Waals surface area contributed by atoms with Crippen LogP contribution in [0, 0.1) is 22.0 Å². The zero-order chi connectivity index (χ0) is 21.8. The molecule has 1 aliphatic carbocycles. The van der Waals surface area contributed by atoms with Gasteiger partial charge in [0.15, 0.2) is 6.61 Å². The fraction of sp³-hybridized carbons (Fsp3) is 0.368. The Kier molecular flexibility index (Phi) is 6.09. The van der Waals surface area contributed by atoms with Gasteiger partial charge in [0.2, 0.25) is 11.8 Å². The predicted octanol–water partition coefficient (Wildman–Crippen LogP) is 1.04. The molecule has 1 aromatic rings. The molecule has 1 saturated heterocycles. The number of fused-ring (bicyclic) bond motifs is 1. The van der Waals surface area contributed by atoms with Crippen molar-refractivity contribution >= 4 is 35.1 Å². The highest BCUT2D eigenvalue weighted by atomic mass is 16.6. The molecule has 2 aliphatic rings. The maximum Gasteiger partial charge on any atom is 0.326 e. The molecule has 3 amide bonds. The van der Waals surface area contributed by atoms with Crippen LogP contribution in [0.2, 0.25) is 0 Å². The molecule has 2 atom stereocenters. The third-order valence-electron chi connectivity index (χ3n) is 4.93. The van der Waals surface area contributed by atoms with Crippen LogP contribution in [-0.4, -0.2) is 53.8 Å². The molecule has 3 rings (SSSR count). The largest absolute Gasteiger partial charge is 0.496 e. The van der Waals surface area contributed by atoms with Gasteiger partial charge in [0.25, 0.3) is 11.6 Å². The van der Waals surface area contributed by atoms with Gasteiger partial charge in [0.1, 0.15) is 18.0 Å². The molecule has 1 fully saturated rings. The Hall–Kier alpha value is -3.76. The van der Waals surface area contributed by atoms with Gasteiger partial charge >= 0.3 is 5.97 Å². The Balaban J connectivity index is 1.54. The van der Waals surface area contributed by atoms with E-state index in [1.807, 2.05) is 12.2 Å². The number of hydrogen-bond donors (Lipinski definition) is 1. The summed E-state index contributed by atoms with van der Waals surface area (Å²) in [5.41, 5.74) is -0.484. The van der Waals surface area contributed by atoms with E-state index in [-0.39, 0.29) is 11.4 Å². The smallest absolute Gasteiger partial charge is 0.326 e. The lowest BCUT2D eigenvalue weighted by atomic mass is 9.85. The highest BCUT2D eigenvalue weighted by Gasteiger charge is 2.47. The summed E-state index contributed by atoms with van der Waals surface area (Å²) in [6, 6.07) is 3.85. The standard InChI is InChI=1S/C19H19N3O8/c1-29-11-6-7-14(15(8-11)22(27)28)20-16(23)10-30-17(24)9-21-18(25)12-4-2-3-5-13(12)19(21)26/h2-3,6-8,12-13H,4-5,9-10H2,1H3,(H,20,23)/t12-,13+. The Morgan fingerprint density at radius 2 is 1.83 bits per heavy atom. The van der Waals surface area contributed by atoms with Gasteiger partial charge in [-0.2, -0.15) is 0 Å². The molecule has 0 radical (unpaired) electrons. The van der Waals surface area contributed by atoms with Crippen LogP contribution in [0.5, 0.6) is 5.75 Å². The third-order valence-corrected chi connectivity index (χ3v) is 4.93. The molecule has 30 heavy (non-hydrogen) atoms. The van der Waals surface area contributed by atoms with Crippen molar-refractivity contribution in [3.8, 4) is 5.75 Å². The molecule has 1 aromatic carbocycles. The minimum atomic E-state index is -0.928. The summed E-state index contributed by atoms with van der Waals surface area (Å²) in [5, 5.41) is 13.4. The number of likely N-dealkylation sites (tertiary alicyclic amines) is 1. The fourth-order valence-electron chi connectivity index (χ4n) is 3.43. The van der Waals surface area contributed by atoms with Crippen molar-refractivity contribution in [1.82, 2.24) is 4.90 Å². The van der Waals surface area contributed by atoms with Crippen LogP contribution in [0.1, 0.15) is 12.8 Å².